The van der Waals surface area contributed by atoms with Crippen molar-refractivity contribution < 1.29 is 14.4 Å². The normalized spacial score (nSPS) is 13.4. The lowest BCUT2D eigenvalue weighted by atomic mass is 10.1. The van der Waals surface area contributed by atoms with Gasteiger partial charge in [-0.15, -0.1) is 0 Å². The van der Waals surface area contributed by atoms with E-state index in [2.05, 4.69) is 40.8 Å². The molecular formula is C26H29N9O3. The van der Waals surface area contributed by atoms with Gasteiger partial charge in [0.25, 0.3) is 11.8 Å². The summed E-state index contributed by atoms with van der Waals surface area (Å²) in [5, 5.41) is 8.36. The molecule has 0 spiro atoms. The minimum Gasteiger partial charge on any atom is -0.368 e. The Hall–Kier alpha value is -4.87. The van der Waals surface area contributed by atoms with Gasteiger partial charge in [-0.3, -0.25) is 14.9 Å². The zero-order valence-electron chi connectivity index (χ0n) is 21.2. The van der Waals surface area contributed by atoms with E-state index in [1.165, 1.54) is 6.33 Å². The van der Waals surface area contributed by atoms with Crippen LogP contribution in [-0.4, -0.2) is 75.4 Å². The van der Waals surface area contributed by atoms with Gasteiger partial charge >= 0.3 is 6.03 Å². The van der Waals surface area contributed by atoms with Gasteiger partial charge in [-0.1, -0.05) is 12.1 Å². The van der Waals surface area contributed by atoms with Crippen LogP contribution in [0.1, 0.15) is 33.5 Å². The van der Waals surface area contributed by atoms with Crippen molar-refractivity contribution in [3.05, 3.63) is 65.7 Å². The first-order chi connectivity index (χ1) is 18.4. The predicted molar refractivity (Wildman–Crippen MR) is 145 cm³/mol. The van der Waals surface area contributed by atoms with Crippen LogP contribution in [0, 0.1) is 6.92 Å². The van der Waals surface area contributed by atoms with Gasteiger partial charge in [-0.05, 0) is 49.7 Å². The van der Waals surface area contributed by atoms with Crippen molar-refractivity contribution in [1.82, 2.24) is 30.2 Å². The Bertz CT molecular complexity index is 1450. The van der Waals surface area contributed by atoms with Crippen molar-refractivity contribution in [2.24, 2.45) is 0 Å². The van der Waals surface area contributed by atoms with Gasteiger partial charge in [0.2, 0.25) is 5.95 Å². The van der Waals surface area contributed by atoms with Crippen molar-refractivity contribution >= 4 is 46.2 Å². The van der Waals surface area contributed by atoms with Gasteiger partial charge in [-0.25, -0.2) is 14.8 Å². The number of carbonyl (C=O) groups is 3. The summed E-state index contributed by atoms with van der Waals surface area (Å²) in [5.74, 6) is -0.770. The number of nitrogens with zero attached hydrogens (tertiary/aromatic N) is 4. The van der Waals surface area contributed by atoms with Crippen LogP contribution in [0.5, 0.6) is 0 Å². The lowest BCUT2D eigenvalue weighted by Crippen LogP contribution is -2.51. The van der Waals surface area contributed by atoms with Crippen LogP contribution < -0.4 is 20.9 Å². The highest BCUT2D eigenvalue weighted by Crippen LogP contribution is 2.24. The number of anilines is 3. The van der Waals surface area contributed by atoms with E-state index in [1.54, 1.807) is 0 Å². The molecule has 1 aliphatic heterocycles. The summed E-state index contributed by atoms with van der Waals surface area (Å²) in [6.45, 7) is 7.14. The Morgan fingerprint density at radius 3 is 2.53 bits per heavy atom. The number of urea groups is 1. The summed E-state index contributed by atoms with van der Waals surface area (Å²) in [5.41, 5.74) is 4.01. The second-order valence-corrected chi connectivity index (χ2v) is 8.95. The molecule has 4 amide bonds. The first-order valence-corrected chi connectivity index (χ1v) is 12.4. The van der Waals surface area contributed by atoms with Gasteiger partial charge in [-0.2, -0.15) is 0 Å². The first-order valence-electron chi connectivity index (χ1n) is 12.4. The smallest absolute Gasteiger partial charge is 0.317 e. The number of aryl methyl sites for hydroxylation is 1. The maximum atomic E-state index is 13.0. The van der Waals surface area contributed by atoms with E-state index in [9.17, 15) is 14.4 Å². The summed E-state index contributed by atoms with van der Waals surface area (Å²) in [6, 6.07) is 13.1. The summed E-state index contributed by atoms with van der Waals surface area (Å²) < 4.78 is 0. The third-order valence-electron chi connectivity index (χ3n) is 6.42. The topological polar surface area (TPSA) is 151 Å². The molecule has 196 valence electrons. The number of nitrogens with one attached hydrogen (secondary N) is 5. The SMILES string of the molecule is CCNC(=O)N1CCN(c2ccc(NC(=O)c3nc[nH]c3C(=O)Nc3nc4ccccc4[nH]3)c(C)c2)CC1. The van der Waals surface area contributed by atoms with Gasteiger partial charge in [0.15, 0.2) is 5.69 Å². The Morgan fingerprint density at radius 1 is 1.00 bits per heavy atom. The molecule has 0 radical (unpaired) electrons. The van der Waals surface area contributed by atoms with Crippen LogP contribution >= 0.6 is 0 Å². The molecule has 0 aliphatic carbocycles. The number of aromatic nitrogens is 4. The molecule has 1 aliphatic rings. The molecule has 12 heteroatoms. The Morgan fingerprint density at radius 2 is 1.79 bits per heavy atom. The lowest BCUT2D eigenvalue weighted by Gasteiger charge is -2.36. The molecule has 4 aromatic rings. The molecule has 2 aromatic carbocycles. The molecule has 0 atom stereocenters. The summed E-state index contributed by atoms with van der Waals surface area (Å²) in [4.78, 5) is 56.2. The fraction of sp³-hybridized carbons (Fsp3) is 0.269. The van der Waals surface area contributed by atoms with Crippen molar-refractivity contribution in [1.29, 1.82) is 0 Å². The number of H-pyrrole nitrogens is 2. The fourth-order valence-corrected chi connectivity index (χ4v) is 4.42. The number of aromatic amines is 2. The summed E-state index contributed by atoms with van der Waals surface area (Å²) in [6.07, 6.45) is 1.30. The number of piperazine rings is 1. The third kappa shape index (κ3) is 5.14. The lowest BCUT2D eigenvalue weighted by molar-refractivity contribution is 0.0985. The van der Waals surface area contributed by atoms with E-state index in [-0.39, 0.29) is 23.4 Å². The fourth-order valence-electron chi connectivity index (χ4n) is 4.42. The minimum absolute atomic E-state index is 0.0245. The molecule has 0 bridgehead atoms. The second kappa shape index (κ2) is 10.6. The van der Waals surface area contributed by atoms with E-state index >= 15 is 0 Å². The minimum atomic E-state index is -0.537. The van der Waals surface area contributed by atoms with E-state index in [1.807, 2.05) is 61.2 Å². The third-order valence-corrected chi connectivity index (χ3v) is 6.42. The largest absolute Gasteiger partial charge is 0.368 e. The quantitative estimate of drug-likeness (QED) is 0.266. The van der Waals surface area contributed by atoms with E-state index < -0.39 is 11.8 Å². The maximum absolute atomic E-state index is 13.0. The predicted octanol–water partition coefficient (Wildman–Crippen LogP) is 2.95. The van der Waals surface area contributed by atoms with E-state index in [4.69, 9.17) is 0 Å². The number of hydrogen-bond donors (Lipinski definition) is 5. The second-order valence-electron chi connectivity index (χ2n) is 8.95. The van der Waals surface area contributed by atoms with Crippen LogP contribution in [-0.2, 0) is 0 Å². The molecule has 3 heterocycles. The van der Waals surface area contributed by atoms with Crippen molar-refractivity contribution in [2.45, 2.75) is 13.8 Å². The number of rotatable bonds is 6. The molecule has 5 N–H and O–H groups in total. The van der Waals surface area contributed by atoms with Crippen LogP contribution in [0.25, 0.3) is 11.0 Å². The average Bonchev–Trinajstić information content (AvgIpc) is 3.57. The Kier molecular flexibility index (Phi) is 6.94. The Balaban J connectivity index is 1.23. The van der Waals surface area contributed by atoms with Gasteiger partial charge in [0.1, 0.15) is 5.69 Å². The van der Waals surface area contributed by atoms with Crippen LogP contribution in [0.2, 0.25) is 0 Å². The highest BCUT2D eigenvalue weighted by molar-refractivity contribution is 6.13. The molecule has 12 nitrogen and oxygen atoms in total. The van der Waals surface area contributed by atoms with Crippen LogP contribution in [0.15, 0.2) is 48.8 Å². The number of fused-ring (bicyclic) bond motifs is 1. The molecule has 1 saturated heterocycles. The van der Waals surface area contributed by atoms with E-state index in [0.29, 0.717) is 30.8 Å². The van der Waals surface area contributed by atoms with Gasteiger partial charge in [0.05, 0.1) is 17.4 Å². The van der Waals surface area contributed by atoms with Crippen molar-refractivity contribution in [2.75, 3.05) is 48.3 Å². The average molecular weight is 516 g/mol. The molecular weight excluding hydrogens is 486 g/mol. The van der Waals surface area contributed by atoms with E-state index in [0.717, 1.165) is 29.9 Å². The van der Waals surface area contributed by atoms with Crippen molar-refractivity contribution in [3.63, 3.8) is 0 Å². The molecule has 2 aromatic heterocycles. The number of benzene rings is 2. The molecule has 5 rings (SSSR count). The first kappa shape index (κ1) is 24.8. The highest BCUT2D eigenvalue weighted by atomic mass is 16.2. The number of imidazole rings is 2. The number of para-hydroxylation sites is 2. The van der Waals surface area contributed by atoms with Crippen LogP contribution in [0.4, 0.5) is 22.1 Å². The van der Waals surface area contributed by atoms with Crippen LogP contribution in [0.3, 0.4) is 0 Å². The summed E-state index contributed by atoms with van der Waals surface area (Å²) in [7, 11) is 0. The van der Waals surface area contributed by atoms with Crippen molar-refractivity contribution in [3.8, 4) is 0 Å². The maximum Gasteiger partial charge on any atom is 0.317 e. The monoisotopic (exact) mass is 515 g/mol. The zero-order valence-corrected chi connectivity index (χ0v) is 21.2. The number of carbonyl (C=O) groups excluding carboxylic acids is 3. The summed E-state index contributed by atoms with van der Waals surface area (Å²) >= 11 is 0. The standard InChI is InChI=1S/C26H29N9O3/c1-3-27-26(38)35-12-10-34(11-13-35)17-8-9-18(16(2)14-17)30-23(36)21-22(29-15-28-21)24(37)33-25-31-19-6-4-5-7-20(19)32-25/h4-9,14-15H,3,10-13H2,1-2H3,(H,27,38)(H,28,29)(H,30,36)(H2,31,32,33,37). The number of amides is 4. The molecule has 1 fully saturated rings. The molecule has 0 unspecified atom stereocenters. The highest BCUT2D eigenvalue weighted by Gasteiger charge is 2.23. The van der Waals surface area contributed by atoms with Gasteiger partial charge < -0.3 is 30.4 Å². The Labute approximate surface area is 218 Å². The van der Waals surface area contributed by atoms with Gasteiger partial charge in [0, 0.05) is 44.1 Å². The zero-order chi connectivity index (χ0) is 26.6. The molecule has 38 heavy (non-hydrogen) atoms. The molecule has 0 saturated carbocycles. The number of hydrogen-bond acceptors (Lipinski definition) is 6.